The fourth-order valence-corrected chi connectivity index (χ4v) is 1.55. The molecule has 5 heteroatoms. The molecule has 0 heterocycles. The summed E-state index contributed by atoms with van der Waals surface area (Å²) in [5, 5.41) is 11.4. The highest BCUT2D eigenvalue weighted by Gasteiger charge is 2.12. The summed E-state index contributed by atoms with van der Waals surface area (Å²) in [5.41, 5.74) is 0. The molecule has 0 aliphatic rings. The molecule has 0 aromatic rings. The van der Waals surface area contributed by atoms with Gasteiger partial charge in [0.1, 0.15) is 0 Å². The van der Waals surface area contributed by atoms with Gasteiger partial charge in [-0.2, -0.15) is 0 Å². The number of carboxylic acid groups (broad SMARTS) is 1. The second-order valence-electron chi connectivity index (χ2n) is 5.12. The van der Waals surface area contributed by atoms with Crippen LogP contribution in [0.4, 0.5) is 4.79 Å². The molecule has 2 amide bonds. The van der Waals surface area contributed by atoms with Crippen LogP contribution in [-0.4, -0.2) is 42.1 Å². The van der Waals surface area contributed by atoms with Gasteiger partial charge in [0.2, 0.25) is 0 Å². The van der Waals surface area contributed by atoms with Crippen molar-refractivity contribution in [2.45, 2.75) is 40.0 Å². The van der Waals surface area contributed by atoms with E-state index in [2.05, 4.69) is 19.2 Å². The lowest BCUT2D eigenvalue weighted by Gasteiger charge is -2.22. The van der Waals surface area contributed by atoms with E-state index in [1.807, 2.05) is 6.92 Å². The summed E-state index contributed by atoms with van der Waals surface area (Å²) in [6.07, 6.45) is 1.79. The second kappa shape index (κ2) is 8.78. The van der Waals surface area contributed by atoms with Gasteiger partial charge in [0.05, 0.1) is 0 Å². The van der Waals surface area contributed by atoms with Crippen molar-refractivity contribution in [3.8, 4) is 0 Å². The molecule has 0 aromatic heterocycles. The highest BCUT2D eigenvalue weighted by Crippen LogP contribution is 2.05. The van der Waals surface area contributed by atoms with Crippen LogP contribution in [0.1, 0.15) is 40.0 Å². The van der Waals surface area contributed by atoms with E-state index in [0.717, 1.165) is 13.0 Å². The number of hydrogen-bond acceptors (Lipinski definition) is 2. The average Bonchev–Trinajstić information content (AvgIpc) is 2.32. The standard InChI is InChI=1S/C13H26N2O3/c1-5-10(2)9-15(4)13(18)14-8-11(3)6-7-12(16)17/h10-11H,5-9H2,1-4H3,(H,14,18)(H,16,17). The zero-order valence-electron chi connectivity index (χ0n) is 11.9. The lowest BCUT2D eigenvalue weighted by atomic mass is 10.1. The van der Waals surface area contributed by atoms with E-state index in [4.69, 9.17) is 5.11 Å². The Morgan fingerprint density at radius 1 is 1.28 bits per heavy atom. The number of nitrogens with one attached hydrogen (secondary N) is 1. The molecule has 2 atom stereocenters. The van der Waals surface area contributed by atoms with Gasteiger partial charge >= 0.3 is 12.0 Å². The lowest BCUT2D eigenvalue weighted by molar-refractivity contribution is -0.137. The predicted molar refractivity (Wildman–Crippen MR) is 71.5 cm³/mol. The second-order valence-corrected chi connectivity index (χ2v) is 5.12. The number of carbonyl (C=O) groups is 2. The molecule has 2 unspecified atom stereocenters. The van der Waals surface area contributed by atoms with Crippen LogP contribution in [0, 0.1) is 11.8 Å². The van der Waals surface area contributed by atoms with Gasteiger partial charge in [-0.05, 0) is 18.3 Å². The van der Waals surface area contributed by atoms with Crippen LogP contribution in [0.2, 0.25) is 0 Å². The van der Waals surface area contributed by atoms with Gasteiger partial charge in [-0.3, -0.25) is 4.79 Å². The maximum absolute atomic E-state index is 11.7. The third-order valence-electron chi connectivity index (χ3n) is 3.08. The number of hydrogen-bond donors (Lipinski definition) is 2. The summed E-state index contributed by atoms with van der Waals surface area (Å²) < 4.78 is 0. The van der Waals surface area contributed by atoms with E-state index in [0.29, 0.717) is 18.9 Å². The van der Waals surface area contributed by atoms with Crippen molar-refractivity contribution < 1.29 is 14.7 Å². The molecule has 18 heavy (non-hydrogen) atoms. The van der Waals surface area contributed by atoms with Crippen molar-refractivity contribution in [1.29, 1.82) is 0 Å². The van der Waals surface area contributed by atoms with Crippen LogP contribution in [-0.2, 0) is 4.79 Å². The first-order chi connectivity index (χ1) is 8.36. The predicted octanol–water partition coefficient (Wildman–Crippen LogP) is 2.17. The Morgan fingerprint density at radius 2 is 1.89 bits per heavy atom. The van der Waals surface area contributed by atoms with Crippen LogP contribution < -0.4 is 5.32 Å². The van der Waals surface area contributed by atoms with E-state index < -0.39 is 5.97 Å². The van der Waals surface area contributed by atoms with E-state index in [-0.39, 0.29) is 18.4 Å². The molecule has 0 saturated heterocycles. The molecule has 106 valence electrons. The fraction of sp³-hybridized carbons (Fsp3) is 0.846. The molecule has 0 saturated carbocycles. The molecule has 2 N–H and O–H groups in total. The monoisotopic (exact) mass is 258 g/mol. The molecular formula is C13H26N2O3. The number of nitrogens with zero attached hydrogens (tertiary/aromatic N) is 1. The average molecular weight is 258 g/mol. The molecule has 0 spiro atoms. The van der Waals surface area contributed by atoms with Crippen molar-refractivity contribution in [3.05, 3.63) is 0 Å². The number of amides is 2. The van der Waals surface area contributed by atoms with Crippen molar-refractivity contribution >= 4 is 12.0 Å². The van der Waals surface area contributed by atoms with Crippen LogP contribution in [0.5, 0.6) is 0 Å². The van der Waals surface area contributed by atoms with Gasteiger partial charge < -0.3 is 15.3 Å². The Morgan fingerprint density at radius 3 is 2.39 bits per heavy atom. The number of aliphatic carboxylic acids is 1. The maximum Gasteiger partial charge on any atom is 0.317 e. The van der Waals surface area contributed by atoms with Gasteiger partial charge in [-0.15, -0.1) is 0 Å². The minimum atomic E-state index is -0.790. The summed E-state index contributed by atoms with van der Waals surface area (Å²) in [6, 6.07) is -0.0857. The number of carbonyl (C=O) groups excluding carboxylic acids is 1. The molecule has 0 fully saturated rings. The Balaban J connectivity index is 3.84. The number of rotatable bonds is 8. The van der Waals surface area contributed by atoms with Crippen LogP contribution in [0.3, 0.4) is 0 Å². The van der Waals surface area contributed by atoms with Crippen LogP contribution in [0.15, 0.2) is 0 Å². The SMILES string of the molecule is CCC(C)CN(C)C(=O)NCC(C)CCC(=O)O. The Hall–Kier alpha value is -1.26. The molecule has 0 bridgehead atoms. The maximum atomic E-state index is 11.7. The Labute approximate surface area is 110 Å². The number of urea groups is 1. The Kier molecular flexibility index (Phi) is 8.16. The van der Waals surface area contributed by atoms with Crippen LogP contribution >= 0.6 is 0 Å². The quantitative estimate of drug-likeness (QED) is 0.701. The van der Waals surface area contributed by atoms with Crippen LogP contribution in [0.25, 0.3) is 0 Å². The van der Waals surface area contributed by atoms with Crippen molar-refractivity contribution in [1.82, 2.24) is 10.2 Å². The molecule has 0 aliphatic heterocycles. The summed E-state index contributed by atoms with van der Waals surface area (Å²) in [6.45, 7) is 7.42. The van der Waals surface area contributed by atoms with Crippen molar-refractivity contribution in [2.24, 2.45) is 11.8 Å². The van der Waals surface area contributed by atoms with E-state index in [9.17, 15) is 9.59 Å². The molecule has 0 rings (SSSR count). The summed E-state index contributed by atoms with van der Waals surface area (Å²) in [5.74, 6) is -0.116. The first-order valence-electron chi connectivity index (χ1n) is 6.57. The first kappa shape index (κ1) is 16.7. The summed E-state index contributed by atoms with van der Waals surface area (Å²) in [7, 11) is 1.78. The lowest BCUT2D eigenvalue weighted by Crippen LogP contribution is -2.41. The number of carboxylic acids is 1. The smallest absolute Gasteiger partial charge is 0.317 e. The third-order valence-corrected chi connectivity index (χ3v) is 3.08. The fourth-order valence-electron chi connectivity index (χ4n) is 1.55. The molecule has 0 radical (unpaired) electrons. The minimum Gasteiger partial charge on any atom is -0.481 e. The van der Waals surface area contributed by atoms with Crippen molar-refractivity contribution in [3.63, 3.8) is 0 Å². The largest absolute Gasteiger partial charge is 0.481 e. The van der Waals surface area contributed by atoms with Gasteiger partial charge in [-0.1, -0.05) is 27.2 Å². The first-order valence-corrected chi connectivity index (χ1v) is 6.57. The Bertz CT molecular complexity index is 269. The topological polar surface area (TPSA) is 69.6 Å². The zero-order chi connectivity index (χ0) is 14.1. The minimum absolute atomic E-state index is 0.0857. The van der Waals surface area contributed by atoms with E-state index >= 15 is 0 Å². The van der Waals surface area contributed by atoms with Gasteiger partial charge in [0.15, 0.2) is 0 Å². The highest BCUT2D eigenvalue weighted by molar-refractivity contribution is 5.73. The van der Waals surface area contributed by atoms with Gasteiger partial charge in [-0.25, -0.2) is 4.79 Å². The zero-order valence-corrected chi connectivity index (χ0v) is 11.9. The van der Waals surface area contributed by atoms with Gasteiger partial charge in [0, 0.05) is 26.6 Å². The molecule has 0 aliphatic carbocycles. The van der Waals surface area contributed by atoms with Gasteiger partial charge in [0.25, 0.3) is 0 Å². The normalized spacial score (nSPS) is 13.8. The summed E-state index contributed by atoms with van der Waals surface area (Å²) >= 11 is 0. The molecule has 0 aromatic carbocycles. The highest BCUT2D eigenvalue weighted by atomic mass is 16.4. The van der Waals surface area contributed by atoms with E-state index in [1.54, 1.807) is 11.9 Å². The molecular weight excluding hydrogens is 232 g/mol. The summed E-state index contributed by atoms with van der Waals surface area (Å²) in [4.78, 5) is 23.8. The third kappa shape index (κ3) is 7.92. The van der Waals surface area contributed by atoms with E-state index in [1.165, 1.54) is 0 Å². The van der Waals surface area contributed by atoms with Crippen molar-refractivity contribution in [2.75, 3.05) is 20.1 Å². The molecule has 5 nitrogen and oxygen atoms in total.